The van der Waals surface area contributed by atoms with Crippen molar-refractivity contribution in [1.82, 2.24) is 14.7 Å². The van der Waals surface area contributed by atoms with Gasteiger partial charge in [-0.15, -0.1) is 0 Å². The van der Waals surface area contributed by atoms with Gasteiger partial charge in [0, 0.05) is 19.3 Å². The Morgan fingerprint density at radius 3 is 2.36 bits per heavy atom. The number of rotatable bonds is 8. The van der Waals surface area contributed by atoms with E-state index in [-0.39, 0.29) is 24.4 Å². The van der Waals surface area contributed by atoms with Gasteiger partial charge in [0.25, 0.3) is 0 Å². The second-order valence-corrected chi connectivity index (χ2v) is 11.4. The monoisotopic (exact) mass is 616 g/mol. The number of para-hydroxylation sites is 1. The Morgan fingerprint density at radius 2 is 1.75 bits per heavy atom. The van der Waals surface area contributed by atoms with Crippen LogP contribution in [0.25, 0.3) is 5.69 Å². The van der Waals surface area contributed by atoms with Gasteiger partial charge in [-0.3, -0.25) is 9.69 Å². The lowest BCUT2D eigenvalue weighted by Crippen LogP contribution is -2.48. The zero-order chi connectivity index (χ0) is 32.4. The van der Waals surface area contributed by atoms with Gasteiger partial charge >= 0.3 is 18.2 Å². The summed E-state index contributed by atoms with van der Waals surface area (Å²) in [6.07, 6.45) is -5.22. The van der Waals surface area contributed by atoms with Crippen molar-refractivity contribution in [3.63, 3.8) is 0 Å². The van der Waals surface area contributed by atoms with Crippen LogP contribution in [0.1, 0.15) is 49.7 Å². The van der Waals surface area contributed by atoms with Crippen molar-refractivity contribution in [2.75, 3.05) is 25.6 Å². The number of likely N-dealkylation sites (N-methyl/N-ethyl adjacent to an activating group) is 1. The van der Waals surface area contributed by atoms with E-state index in [0.29, 0.717) is 24.4 Å². The van der Waals surface area contributed by atoms with Crippen LogP contribution in [0, 0.1) is 6.92 Å². The van der Waals surface area contributed by atoms with Crippen LogP contribution in [0.2, 0.25) is 0 Å². The fraction of sp³-hybridized carbons (Fsp3) is 0.419. The Morgan fingerprint density at radius 1 is 1.07 bits per heavy atom. The summed E-state index contributed by atoms with van der Waals surface area (Å²) >= 11 is 0. The molecule has 2 amide bonds. The molecule has 2 aromatic carbocycles. The fourth-order valence-corrected chi connectivity index (χ4v) is 4.92. The van der Waals surface area contributed by atoms with E-state index in [4.69, 9.17) is 14.2 Å². The van der Waals surface area contributed by atoms with E-state index >= 15 is 0 Å². The number of carbonyl (C=O) groups is 3. The van der Waals surface area contributed by atoms with E-state index in [9.17, 15) is 27.6 Å². The molecule has 13 heteroatoms. The number of ether oxygens (including phenoxy) is 3. The smallest absolute Gasteiger partial charge is 0.433 e. The number of anilines is 1. The molecule has 10 nitrogen and oxygen atoms in total. The van der Waals surface area contributed by atoms with Crippen molar-refractivity contribution in [2.24, 2.45) is 0 Å². The molecule has 0 aliphatic carbocycles. The molecule has 1 aliphatic heterocycles. The van der Waals surface area contributed by atoms with Crippen LogP contribution in [0.3, 0.4) is 0 Å². The number of esters is 1. The maximum absolute atomic E-state index is 13.7. The Balaban J connectivity index is 1.50. The molecule has 236 valence electrons. The molecule has 1 unspecified atom stereocenters. The number of aromatic nitrogens is 2. The normalized spacial score (nSPS) is 13.7. The average Bonchev–Trinajstić information content (AvgIpc) is 3.60. The average molecular weight is 617 g/mol. The molecule has 0 spiro atoms. The number of methoxy groups -OCH3 is 1. The molecule has 44 heavy (non-hydrogen) atoms. The van der Waals surface area contributed by atoms with Crippen LogP contribution in [0.4, 0.5) is 23.7 Å². The number of halogens is 3. The molecule has 0 N–H and O–H groups in total. The zero-order valence-electron chi connectivity index (χ0n) is 25.4. The van der Waals surface area contributed by atoms with Crippen LogP contribution < -0.4 is 9.64 Å². The van der Waals surface area contributed by atoms with E-state index < -0.39 is 41.5 Å². The highest BCUT2D eigenvalue weighted by molar-refractivity contribution is 5.99. The molecule has 0 saturated heterocycles. The van der Waals surface area contributed by atoms with E-state index in [2.05, 4.69) is 5.10 Å². The van der Waals surface area contributed by atoms with Gasteiger partial charge in [0.15, 0.2) is 0 Å². The molecule has 0 saturated carbocycles. The molecular formula is C31H35F3N4O6. The third-order valence-electron chi connectivity index (χ3n) is 7.12. The standard InChI is InChI=1S/C31H35F3N4O6/c1-19-22-14-15-37(27(39)17-24(28(40)42-6)36(5)29(41)44-30(2,3)4)23(22)12-13-25(19)43-18-20-16-26(31(32,33)34)38(35-20)21-10-8-7-9-11-21/h7-13,16,24H,14-15,17-18H2,1-6H3. The van der Waals surface area contributed by atoms with Crippen LogP contribution in [0.15, 0.2) is 48.5 Å². The molecule has 3 aromatic rings. The van der Waals surface area contributed by atoms with E-state index in [1.807, 2.05) is 0 Å². The Bertz CT molecular complexity index is 1530. The van der Waals surface area contributed by atoms with Gasteiger partial charge in [0.1, 0.15) is 35.4 Å². The fourth-order valence-electron chi connectivity index (χ4n) is 4.92. The first-order valence-electron chi connectivity index (χ1n) is 13.9. The summed E-state index contributed by atoms with van der Waals surface area (Å²) in [5.74, 6) is -0.707. The highest BCUT2D eigenvalue weighted by Crippen LogP contribution is 2.37. The van der Waals surface area contributed by atoms with Crippen molar-refractivity contribution >= 4 is 23.7 Å². The predicted octanol–water partition coefficient (Wildman–Crippen LogP) is 5.47. The quantitative estimate of drug-likeness (QED) is 0.310. The lowest BCUT2D eigenvalue weighted by molar-refractivity contribution is -0.148. The largest absolute Gasteiger partial charge is 0.487 e. The number of benzene rings is 2. The Kier molecular flexibility index (Phi) is 9.26. The highest BCUT2D eigenvalue weighted by Gasteiger charge is 2.37. The molecule has 0 bridgehead atoms. The second kappa shape index (κ2) is 12.6. The number of hydrogen-bond donors (Lipinski definition) is 0. The summed E-state index contributed by atoms with van der Waals surface area (Å²) in [6.45, 7) is 7.00. The van der Waals surface area contributed by atoms with Gasteiger partial charge in [-0.05, 0) is 75.6 Å². The van der Waals surface area contributed by atoms with E-state index in [1.165, 1.54) is 31.2 Å². The Labute approximate surface area is 253 Å². The van der Waals surface area contributed by atoms with Crippen LogP contribution in [0.5, 0.6) is 5.75 Å². The van der Waals surface area contributed by atoms with Crippen molar-refractivity contribution in [1.29, 1.82) is 0 Å². The van der Waals surface area contributed by atoms with Gasteiger partial charge in [-0.25, -0.2) is 14.3 Å². The van der Waals surface area contributed by atoms with Gasteiger partial charge < -0.3 is 19.1 Å². The van der Waals surface area contributed by atoms with Crippen molar-refractivity contribution in [3.05, 3.63) is 71.0 Å². The SMILES string of the molecule is COC(=O)C(CC(=O)N1CCc2c1ccc(OCc1cc(C(F)(F)F)n(-c3ccccc3)n1)c2C)N(C)C(=O)OC(C)(C)C. The summed E-state index contributed by atoms with van der Waals surface area (Å²) in [6, 6.07) is 11.1. The van der Waals surface area contributed by atoms with Gasteiger partial charge in [0.2, 0.25) is 5.91 Å². The molecule has 1 aliphatic rings. The first-order valence-corrected chi connectivity index (χ1v) is 13.9. The van der Waals surface area contributed by atoms with Gasteiger partial charge in [-0.2, -0.15) is 18.3 Å². The molecule has 2 heterocycles. The van der Waals surface area contributed by atoms with Gasteiger partial charge in [0.05, 0.1) is 19.2 Å². The van der Waals surface area contributed by atoms with Crippen LogP contribution in [-0.4, -0.2) is 65.0 Å². The lowest BCUT2D eigenvalue weighted by atomic mass is 10.1. The lowest BCUT2D eigenvalue weighted by Gasteiger charge is -2.30. The van der Waals surface area contributed by atoms with Crippen molar-refractivity contribution < 1.29 is 41.8 Å². The third kappa shape index (κ3) is 7.14. The predicted molar refractivity (Wildman–Crippen MR) is 155 cm³/mol. The molecule has 0 fully saturated rings. The first-order chi connectivity index (χ1) is 20.6. The van der Waals surface area contributed by atoms with Crippen LogP contribution >= 0.6 is 0 Å². The molecule has 1 atom stereocenters. The number of alkyl halides is 3. The highest BCUT2D eigenvalue weighted by atomic mass is 19.4. The van der Waals surface area contributed by atoms with Crippen molar-refractivity contribution in [3.8, 4) is 11.4 Å². The van der Waals surface area contributed by atoms with E-state index in [0.717, 1.165) is 26.8 Å². The second-order valence-electron chi connectivity index (χ2n) is 11.4. The summed E-state index contributed by atoms with van der Waals surface area (Å²) in [5.41, 5.74) is 0.838. The maximum atomic E-state index is 13.7. The number of nitrogens with zero attached hydrogens (tertiary/aromatic N) is 4. The summed E-state index contributed by atoms with van der Waals surface area (Å²) < 4.78 is 58.2. The summed E-state index contributed by atoms with van der Waals surface area (Å²) in [5, 5.41) is 4.14. The minimum atomic E-state index is -4.62. The molecule has 4 rings (SSSR count). The molecule has 0 radical (unpaired) electrons. The minimum Gasteiger partial charge on any atom is -0.487 e. The van der Waals surface area contributed by atoms with Crippen LogP contribution in [-0.2, 0) is 38.3 Å². The summed E-state index contributed by atoms with van der Waals surface area (Å²) in [4.78, 5) is 41.1. The Hall–Kier alpha value is -4.55. The first kappa shape index (κ1) is 32.4. The van der Waals surface area contributed by atoms with Gasteiger partial charge in [-0.1, -0.05) is 18.2 Å². The van der Waals surface area contributed by atoms with Crippen molar-refractivity contribution in [2.45, 2.75) is 65.0 Å². The number of fused-ring (bicyclic) bond motifs is 1. The van der Waals surface area contributed by atoms with E-state index in [1.54, 1.807) is 58.0 Å². The number of carbonyl (C=O) groups excluding carboxylic acids is 3. The number of amides is 2. The zero-order valence-corrected chi connectivity index (χ0v) is 25.4. The summed E-state index contributed by atoms with van der Waals surface area (Å²) in [7, 11) is 2.55. The molecule has 1 aromatic heterocycles. The third-order valence-corrected chi connectivity index (χ3v) is 7.12. The minimum absolute atomic E-state index is 0.0980. The molecular weight excluding hydrogens is 581 g/mol. The number of hydrogen-bond acceptors (Lipinski definition) is 7. The maximum Gasteiger partial charge on any atom is 0.433 e. The topological polar surface area (TPSA) is 103 Å².